The Morgan fingerprint density at radius 1 is 0.875 bits per heavy atom. The quantitative estimate of drug-likeness (QED) is 0.255. The van der Waals surface area contributed by atoms with Crippen molar-refractivity contribution in [3.63, 3.8) is 0 Å². The molecule has 2 aromatic carbocycles. The van der Waals surface area contributed by atoms with E-state index in [1.807, 2.05) is 0 Å². The second-order valence-corrected chi connectivity index (χ2v) is 7.69. The molecule has 0 unspecified atom stereocenters. The number of esters is 3. The van der Waals surface area contributed by atoms with E-state index in [0.29, 0.717) is 28.7 Å². The predicted molar refractivity (Wildman–Crippen MR) is 116 cm³/mol. The lowest BCUT2D eigenvalue weighted by atomic mass is 9.83. The molecule has 1 saturated carbocycles. The highest BCUT2D eigenvalue weighted by Gasteiger charge is 2.26. The third-order valence-electron chi connectivity index (χ3n) is 5.29. The summed E-state index contributed by atoms with van der Waals surface area (Å²) >= 11 is 0. The maximum Gasteiger partial charge on any atom is 0.343 e. The first-order valence-corrected chi connectivity index (χ1v) is 10.5. The molecule has 0 atom stereocenters. The molecule has 0 saturated heterocycles. The van der Waals surface area contributed by atoms with Gasteiger partial charge in [-0.3, -0.25) is 4.79 Å². The Morgan fingerprint density at radius 2 is 1.44 bits per heavy atom. The molecular formula is C25H26O7. The Balaban J connectivity index is 1.48. The second-order valence-electron chi connectivity index (χ2n) is 7.69. The summed E-state index contributed by atoms with van der Waals surface area (Å²) in [6.45, 7) is 5.24. The Labute approximate surface area is 186 Å². The fraction of sp³-hybridized carbons (Fsp3) is 0.320. The van der Waals surface area contributed by atoms with Crippen molar-refractivity contribution in [3.05, 3.63) is 66.7 Å². The van der Waals surface area contributed by atoms with E-state index in [-0.39, 0.29) is 18.7 Å². The van der Waals surface area contributed by atoms with Crippen molar-refractivity contribution in [1.29, 1.82) is 0 Å². The van der Waals surface area contributed by atoms with E-state index in [0.717, 1.165) is 31.8 Å². The molecule has 0 aliphatic heterocycles. The van der Waals surface area contributed by atoms with Crippen molar-refractivity contribution in [3.8, 4) is 17.2 Å². The lowest BCUT2D eigenvalue weighted by molar-refractivity contribution is -0.144. The zero-order valence-electron chi connectivity index (χ0n) is 18.0. The summed E-state index contributed by atoms with van der Waals surface area (Å²) in [6.07, 6.45) is 4.84. The van der Waals surface area contributed by atoms with Crippen LogP contribution in [0.5, 0.6) is 17.2 Å². The van der Waals surface area contributed by atoms with Crippen molar-refractivity contribution in [1.82, 2.24) is 0 Å². The molecule has 0 radical (unpaired) electrons. The van der Waals surface area contributed by atoms with Gasteiger partial charge >= 0.3 is 17.9 Å². The van der Waals surface area contributed by atoms with Gasteiger partial charge in [-0.25, -0.2) is 9.59 Å². The predicted octanol–water partition coefficient (Wildman–Crippen LogP) is 4.70. The van der Waals surface area contributed by atoms with Crippen LogP contribution < -0.4 is 14.2 Å². The molecule has 32 heavy (non-hydrogen) atoms. The second kappa shape index (κ2) is 11.1. The lowest BCUT2D eigenvalue weighted by Gasteiger charge is -2.24. The number of hydrogen-bond donors (Lipinski definition) is 0. The molecule has 7 heteroatoms. The summed E-state index contributed by atoms with van der Waals surface area (Å²) in [5.41, 5.74) is 0.327. The Morgan fingerprint density at radius 3 is 2.06 bits per heavy atom. The van der Waals surface area contributed by atoms with Crippen LogP contribution in [0.2, 0.25) is 0 Å². The topological polar surface area (TPSA) is 88.1 Å². The molecule has 1 aliphatic rings. The minimum absolute atomic E-state index is 0.0585. The van der Waals surface area contributed by atoms with Gasteiger partial charge in [0, 0.05) is 6.08 Å². The molecule has 0 bridgehead atoms. The Bertz CT molecular complexity index is 939. The van der Waals surface area contributed by atoms with Crippen molar-refractivity contribution in [2.75, 3.05) is 6.79 Å². The first-order chi connectivity index (χ1) is 15.4. The third-order valence-corrected chi connectivity index (χ3v) is 5.29. The first-order valence-electron chi connectivity index (χ1n) is 10.5. The molecule has 0 heterocycles. The number of carbonyl (C=O) groups is 3. The lowest BCUT2D eigenvalue weighted by Crippen LogP contribution is -2.24. The van der Waals surface area contributed by atoms with Gasteiger partial charge in [0.25, 0.3) is 0 Å². The number of ether oxygens (including phenoxy) is 4. The van der Waals surface area contributed by atoms with Gasteiger partial charge in [-0.15, -0.1) is 0 Å². The monoisotopic (exact) mass is 438 g/mol. The molecule has 0 spiro atoms. The number of carbonyl (C=O) groups excluding carboxylic acids is 3. The standard InChI is InChI=1S/C25H26O7/c1-3-23(26)30-16-29-20-12-14-22(15-13-20)32-25(28)19-8-10-21(11-9-19)31-24(27)18-6-4-17(2)5-7-18/h3,8-15,17-18H,1,4-7,16H2,2H3. The zero-order valence-corrected chi connectivity index (χ0v) is 18.0. The third kappa shape index (κ3) is 6.70. The van der Waals surface area contributed by atoms with Gasteiger partial charge in [-0.05, 0) is 80.1 Å². The van der Waals surface area contributed by atoms with E-state index < -0.39 is 11.9 Å². The van der Waals surface area contributed by atoms with Crippen LogP contribution in [0.25, 0.3) is 0 Å². The van der Waals surface area contributed by atoms with E-state index in [2.05, 4.69) is 13.5 Å². The smallest absolute Gasteiger partial charge is 0.343 e. The normalized spacial score (nSPS) is 17.7. The SMILES string of the molecule is C=CC(=O)OCOc1ccc(OC(=O)c2ccc(OC(=O)C3CCC(C)CC3)cc2)cc1. The van der Waals surface area contributed by atoms with Crippen LogP contribution in [0, 0.1) is 11.8 Å². The van der Waals surface area contributed by atoms with Crippen LogP contribution in [-0.4, -0.2) is 24.7 Å². The minimum atomic E-state index is -0.583. The molecular weight excluding hydrogens is 412 g/mol. The summed E-state index contributed by atoms with van der Waals surface area (Å²) in [4.78, 5) is 35.7. The molecule has 168 valence electrons. The fourth-order valence-electron chi connectivity index (χ4n) is 3.34. The Hall–Kier alpha value is -3.61. The average Bonchev–Trinajstić information content (AvgIpc) is 2.81. The summed E-state index contributed by atoms with van der Waals surface area (Å²) in [5.74, 6) is 0.440. The van der Waals surface area contributed by atoms with Gasteiger partial charge in [0.2, 0.25) is 6.79 Å². The summed E-state index contributed by atoms with van der Waals surface area (Å²) in [6, 6.07) is 12.6. The van der Waals surface area contributed by atoms with Gasteiger partial charge in [-0.1, -0.05) is 13.5 Å². The molecule has 2 aromatic rings. The summed E-state index contributed by atoms with van der Waals surface area (Å²) in [5, 5.41) is 0. The maximum atomic E-state index is 12.4. The minimum Gasteiger partial charge on any atom is -0.457 e. The Kier molecular flexibility index (Phi) is 8.02. The van der Waals surface area contributed by atoms with Crippen molar-refractivity contribution >= 4 is 17.9 Å². The van der Waals surface area contributed by atoms with Crippen LogP contribution in [0.4, 0.5) is 0 Å². The van der Waals surface area contributed by atoms with E-state index >= 15 is 0 Å². The van der Waals surface area contributed by atoms with Crippen molar-refractivity contribution in [2.24, 2.45) is 11.8 Å². The van der Waals surface area contributed by atoms with E-state index in [4.69, 9.17) is 18.9 Å². The summed E-state index contributed by atoms with van der Waals surface area (Å²) in [7, 11) is 0. The van der Waals surface area contributed by atoms with Crippen LogP contribution >= 0.6 is 0 Å². The molecule has 7 nitrogen and oxygen atoms in total. The fourth-order valence-corrected chi connectivity index (χ4v) is 3.34. The van der Waals surface area contributed by atoms with E-state index in [1.54, 1.807) is 48.5 Å². The van der Waals surface area contributed by atoms with Crippen LogP contribution in [-0.2, 0) is 14.3 Å². The number of rotatable bonds is 8. The van der Waals surface area contributed by atoms with Crippen LogP contribution in [0.3, 0.4) is 0 Å². The van der Waals surface area contributed by atoms with E-state index in [1.165, 1.54) is 0 Å². The highest BCUT2D eigenvalue weighted by atomic mass is 16.7. The highest BCUT2D eigenvalue weighted by molar-refractivity contribution is 5.91. The maximum absolute atomic E-state index is 12.4. The van der Waals surface area contributed by atoms with Gasteiger partial charge in [0.05, 0.1) is 11.5 Å². The molecule has 1 aliphatic carbocycles. The molecule has 0 N–H and O–H groups in total. The molecule has 0 aromatic heterocycles. The van der Waals surface area contributed by atoms with Crippen molar-refractivity contribution < 1.29 is 33.3 Å². The first kappa shape index (κ1) is 23.1. The number of benzene rings is 2. The molecule has 3 rings (SSSR count). The van der Waals surface area contributed by atoms with Crippen molar-refractivity contribution in [2.45, 2.75) is 32.6 Å². The summed E-state index contributed by atoms with van der Waals surface area (Å²) < 4.78 is 20.8. The van der Waals surface area contributed by atoms with Gasteiger partial charge < -0.3 is 18.9 Å². The van der Waals surface area contributed by atoms with Gasteiger partial charge in [-0.2, -0.15) is 0 Å². The molecule has 0 amide bonds. The van der Waals surface area contributed by atoms with E-state index in [9.17, 15) is 14.4 Å². The van der Waals surface area contributed by atoms with Crippen LogP contribution in [0.1, 0.15) is 43.0 Å². The van der Waals surface area contributed by atoms with Gasteiger partial charge in [0.15, 0.2) is 0 Å². The average molecular weight is 438 g/mol. The largest absolute Gasteiger partial charge is 0.457 e. The molecule has 1 fully saturated rings. The van der Waals surface area contributed by atoms with Gasteiger partial charge in [0.1, 0.15) is 17.2 Å². The number of hydrogen-bond acceptors (Lipinski definition) is 7. The zero-order chi connectivity index (χ0) is 22.9. The highest BCUT2D eigenvalue weighted by Crippen LogP contribution is 2.29. The van der Waals surface area contributed by atoms with Crippen LogP contribution in [0.15, 0.2) is 61.2 Å².